The Bertz CT molecular complexity index is 756. The summed E-state index contributed by atoms with van der Waals surface area (Å²) < 4.78 is 10.5. The van der Waals surface area contributed by atoms with E-state index < -0.39 is 23.6 Å². The highest BCUT2D eigenvalue weighted by Crippen LogP contribution is 2.25. The number of nitrogens with one attached hydrogen (secondary N) is 2. The van der Waals surface area contributed by atoms with Crippen molar-refractivity contribution in [3.05, 3.63) is 23.8 Å². The first-order valence-electron chi connectivity index (χ1n) is 9.80. The van der Waals surface area contributed by atoms with E-state index in [1.54, 1.807) is 32.9 Å². The number of hydrogen-bond acceptors (Lipinski definition) is 6. The lowest BCUT2D eigenvalue weighted by Crippen LogP contribution is -2.47. The number of amidine groups is 1. The molecule has 1 rings (SSSR count). The lowest BCUT2D eigenvalue weighted by Gasteiger charge is -2.24. The largest absolute Gasteiger partial charge is 0.495 e. The standard InChI is InChI=1S/C21H34N4O5/c1-13(2)10-16(24-20(27)30-21(4,5)6)19(22)25-29-12-18(26)23-15-11-14(3)8-9-17(15)28-7/h8-9,11,13,16H,10,12H2,1-7H3,(H2,22,25)(H,23,26)(H,24,27). The molecule has 30 heavy (non-hydrogen) atoms. The van der Waals surface area contributed by atoms with Crippen LogP contribution in [0.15, 0.2) is 23.4 Å². The fourth-order valence-electron chi connectivity index (χ4n) is 2.51. The molecule has 1 aromatic rings. The zero-order chi connectivity index (χ0) is 22.9. The molecule has 0 bridgehead atoms. The highest BCUT2D eigenvalue weighted by Gasteiger charge is 2.23. The second-order valence-corrected chi connectivity index (χ2v) is 8.37. The molecule has 0 spiro atoms. The number of anilines is 1. The van der Waals surface area contributed by atoms with Crippen LogP contribution in [-0.4, -0.2) is 43.2 Å². The van der Waals surface area contributed by atoms with Crippen LogP contribution in [0.25, 0.3) is 0 Å². The van der Waals surface area contributed by atoms with Crippen molar-refractivity contribution in [1.29, 1.82) is 0 Å². The normalized spacial score (nSPS) is 12.9. The molecule has 9 heteroatoms. The van der Waals surface area contributed by atoms with Crippen molar-refractivity contribution in [2.24, 2.45) is 16.8 Å². The molecule has 0 heterocycles. The van der Waals surface area contributed by atoms with Crippen molar-refractivity contribution in [1.82, 2.24) is 5.32 Å². The minimum atomic E-state index is -0.635. The SMILES string of the molecule is COc1ccc(C)cc1NC(=O)CO/N=C(/N)C(CC(C)C)NC(=O)OC(C)(C)C. The Kier molecular flexibility index (Phi) is 9.42. The molecule has 0 fully saturated rings. The summed E-state index contributed by atoms with van der Waals surface area (Å²) in [6.07, 6.45) is -0.0689. The lowest BCUT2D eigenvalue weighted by atomic mass is 10.0. The fourth-order valence-corrected chi connectivity index (χ4v) is 2.51. The van der Waals surface area contributed by atoms with E-state index >= 15 is 0 Å². The van der Waals surface area contributed by atoms with Crippen LogP contribution in [0.3, 0.4) is 0 Å². The average molecular weight is 423 g/mol. The summed E-state index contributed by atoms with van der Waals surface area (Å²) in [7, 11) is 1.52. The molecule has 0 aromatic heterocycles. The highest BCUT2D eigenvalue weighted by molar-refractivity contribution is 5.93. The third-order valence-electron chi connectivity index (χ3n) is 3.75. The number of ether oxygens (including phenoxy) is 2. The van der Waals surface area contributed by atoms with Crippen molar-refractivity contribution in [3.63, 3.8) is 0 Å². The fraction of sp³-hybridized carbons (Fsp3) is 0.571. The number of rotatable bonds is 9. The van der Waals surface area contributed by atoms with Gasteiger partial charge >= 0.3 is 6.09 Å². The summed E-state index contributed by atoms with van der Waals surface area (Å²) in [6.45, 7) is 10.8. The van der Waals surface area contributed by atoms with E-state index in [1.165, 1.54) is 7.11 Å². The van der Waals surface area contributed by atoms with E-state index in [0.717, 1.165) is 5.56 Å². The molecule has 9 nitrogen and oxygen atoms in total. The number of nitrogens with two attached hydrogens (primary N) is 1. The second-order valence-electron chi connectivity index (χ2n) is 8.37. The third kappa shape index (κ3) is 9.49. The topological polar surface area (TPSA) is 124 Å². The first-order valence-corrected chi connectivity index (χ1v) is 9.80. The molecular formula is C21H34N4O5. The minimum Gasteiger partial charge on any atom is -0.495 e. The smallest absolute Gasteiger partial charge is 0.408 e. The van der Waals surface area contributed by atoms with Crippen LogP contribution in [-0.2, 0) is 14.4 Å². The van der Waals surface area contributed by atoms with Gasteiger partial charge in [0.05, 0.1) is 18.8 Å². The molecule has 0 saturated heterocycles. The predicted octanol–water partition coefficient (Wildman–Crippen LogP) is 3.17. The zero-order valence-electron chi connectivity index (χ0n) is 18.9. The molecule has 1 atom stereocenters. The molecule has 1 unspecified atom stereocenters. The maximum absolute atomic E-state index is 12.2. The maximum Gasteiger partial charge on any atom is 0.408 e. The molecule has 168 valence electrons. The number of hydrogen-bond donors (Lipinski definition) is 3. The Balaban J connectivity index is 2.70. The molecule has 4 N–H and O–H groups in total. The van der Waals surface area contributed by atoms with Crippen molar-refractivity contribution >= 4 is 23.5 Å². The molecule has 0 aliphatic carbocycles. The van der Waals surface area contributed by atoms with Gasteiger partial charge in [-0.2, -0.15) is 0 Å². The Morgan fingerprint density at radius 3 is 2.47 bits per heavy atom. The number of aryl methyl sites for hydroxylation is 1. The van der Waals surface area contributed by atoms with Crippen molar-refractivity contribution in [2.75, 3.05) is 19.0 Å². The number of methoxy groups -OCH3 is 1. The van der Waals surface area contributed by atoms with E-state index in [1.807, 2.05) is 26.8 Å². The van der Waals surface area contributed by atoms with Gasteiger partial charge in [0.1, 0.15) is 11.4 Å². The number of oxime groups is 1. The quantitative estimate of drug-likeness (QED) is 0.319. The Labute approximate surface area is 178 Å². The van der Waals surface area contributed by atoms with Crippen LogP contribution in [0.1, 0.15) is 46.6 Å². The highest BCUT2D eigenvalue weighted by atomic mass is 16.6. The van der Waals surface area contributed by atoms with Crippen LogP contribution in [0.4, 0.5) is 10.5 Å². The van der Waals surface area contributed by atoms with Crippen LogP contribution in [0, 0.1) is 12.8 Å². The maximum atomic E-state index is 12.2. The van der Waals surface area contributed by atoms with Crippen molar-refractivity contribution in [3.8, 4) is 5.75 Å². The van der Waals surface area contributed by atoms with Crippen LogP contribution < -0.4 is 21.1 Å². The van der Waals surface area contributed by atoms with E-state index in [-0.39, 0.29) is 18.4 Å². The number of amides is 2. The molecular weight excluding hydrogens is 388 g/mol. The van der Waals surface area contributed by atoms with Crippen LogP contribution in [0.5, 0.6) is 5.75 Å². The van der Waals surface area contributed by atoms with Gasteiger partial charge in [-0.05, 0) is 57.7 Å². The Morgan fingerprint density at radius 2 is 1.90 bits per heavy atom. The Hall–Kier alpha value is -2.97. The second kappa shape index (κ2) is 11.3. The number of nitrogens with zero attached hydrogens (tertiary/aromatic N) is 1. The van der Waals surface area contributed by atoms with Crippen LogP contribution in [0.2, 0.25) is 0 Å². The number of benzene rings is 1. The predicted molar refractivity (Wildman–Crippen MR) is 117 cm³/mol. The molecule has 0 radical (unpaired) electrons. The summed E-state index contributed by atoms with van der Waals surface area (Å²) in [5.41, 5.74) is 6.86. The molecule has 1 aromatic carbocycles. The van der Waals surface area contributed by atoms with E-state index in [4.69, 9.17) is 20.0 Å². The van der Waals surface area contributed by atoms with Gasteiger partial charge in [-0.15, -0.1) is 0 Å². The summed E-state index contributed by atoms with van der Waals surface area (Å²) >= 11 is 0. The monoisotopic (exact) mass is 422 g/mol. The average Bonchev–Trinajstić information content (AvgIpc) is 2.59. The summed E-state index contributed by atoms with van der Waals surface area (Å²) in [5, 5.41) is 9.20. The van der Waals surface area contributed by atoms with E-state index in [0.29, 0.717) is 17.9 Å². The van der Waals surface area contributed by atoms with Gasteiger partial charge in [-0.1, -0.05) is 25.1 Å². The molecule has 2 amide bonds. The van der Waals surface area contributed by atoms with Crippen LogP contribution >= 0.6 is 0 Å². The summed E-state index contributed by atoms with van der Waals surface area (Å²) in [4.78, 5) is 29.3. The van der Waals surface area contributed by atoms with Gasteiger partial charge in [0.15, 0.2) is 12.4 Å². The van der Waals surface area contributed by atoms with Gasteiger partial charge in [-0.25, -0.2) is 4.79 Å². The Morgan fingerprint density at radius 1 is 1.23 bits per heavy atom. The van der Waals surface area contributed by atoms with Gasteiger partial charge in [0.25, 0.3) is 5.91 Å². The zero-order valence-corrected chi connectivity index (χ0v) is 18.9. The van der Waals surface area contributed by atoms with Gasteiger partial charge < -0.3 is 30.7 Å². The van der Waals surface area contributed by atoms with E-state index in [9.17, 15) is 9.59 Å². The molecule has 0 aliphatic heterocycles. The minimum absolute atomic E-state index is 0.0514. The van der Waals surface area contributed by atoms with E-state index in [2.05, 4.69) is 15.8 Å². The number of alkyl carbamates (subject to hydrolysis) is 1. The lowest BCUT2D eigenvalue weighted by molar-refractivity contribution is -0.120. The van der Waals surface area contributed by atoms with Crippen molar-refractivity contribution < 1.29 is 23.9 Å². The van der Waals surface area contributed by atoms with Crippen molar-refractivity contribution in [2.45, 2.75) is 59.6 Å². The first-order chi connectivity index (χ1) is 13.9. The van der Waals surface area contributed by atoms with Gasteiger partial charge in [0, 0.05) is 0 Å². The van der Waals surface area contributed by atoms with Gasteiger partial charge in [-0.3, -0.25) is 4.79 Å². The van der Waals surface area contributed by atoms with Gasteiger partial charge in [0.2, 0.25) is 0 Å². The summed E-state index contributed by atoms with van der Waals surface area (Å²) in [6, 6.07) is 4.85. The number of carbonyl (C=O) groups excluding carboxylic acids is 2. The molecule has 0 saturated carbocycles. The summed E-state index contributed by atoms with van der Waals surface area (Å²) in [5.74, 6) is 0.401. The first kappa shape index (κ1) is 25.1. The number of carbonyl (C=O) groups is 2. The molecule has 0 aliphatic rings. The third-order valence-corrected chi connectivity index (χ3v) is 3.75.